The Morgan fingerprint density at radius 2 is 2.07 bits per heavy atom. The summed E-state index contributed by atoms with van der Waals surface area (Å²) < 4.78 is 29.7. The highest BCUT2D eigenvalue weighted by Crippen LogP contribution is 2.55. The van der Waals surface area contributed by atoms with Crippen LogP contribution in [0, 0.1) is 5.92 Å². The van der Waals surface area contributed by atoms with E-state index in [1.807, 2.05) is 49.7 Å². The van der Waals surface area contributed by atoms with Gasteiger partial charge >= 0.3 is 0 Å². The lowest BCUT2D eigenvalue weighted by molar-refractivity contribution is -0.121. The second kappa shape index (κ2) is 6.17. The van der Waals surface area contributed by atoms with Crippen molar-refractivity contribution >= 4 is 21.6 Å². The quantitative estimate of drug-likeness (QED) is 0.869. The fourth-order valence-corrected chi connectivity index (χ4v) is 6.46. The Morgan fingerprint density at radius 3 is 2.74 bits per heavy atom. The smallest absolute Gasteiger partial charge is 0.237 e. The first kappa shape index (κ1) is 18.2. The first-order valence-electron chi connectivity index (χ1n) is 9.15. The Hall–Kier alpha value is -2.19. The lowest BCUT2D eigenvalue weighted by atomic mass is 9.75. The lowest BCUT2D eigenvalue weighted by Gasteiger charge is -2.33. The van der Waals surface area contributed by atoms with E-state index in [2.05, 4.69) is 10.3 Å². The fraction of sp³-hybridized carbons (Fsp3) is 0.474. The Bertz CT molecular complexity index is 998. The van der Waals surface area contributed by atoms with Crippen LogP contribution in [0.3, 0.4) is 0 Å². The summed E-state index contributed by atoms with van der Waals surface area (Å²) >= 11 is 0. The topological polar surface area (TPSA) is 84.3 Å². The summed E-state index contributed by atoms with van der Waals surface area (Å²) in [6.45, 7) is 4.07. The molecule has 2 aromatic rings. The standard InChI is InChI=1S/C19H24N4O3S/c1-13(2)12-27(25,26)23-10-8-19(16(23)17-20-9-11-22(17)3)14-6-4-5-7-15(14)21-18(19)24/h4-7,9,11,13,16H,8,10,12H2,1-3H3,(H,21,24)/t16-,19+/m0/s1. The van der Waals surface area contributed by atoms with Crippen molar-refractivity contribution in [1.29, 1.82) is 0 Å². The summed E-state index contributed by atoms with van der Waals surface area (Å²) in [6.07, 6.45) is 3.87. The molecule has 0 unspecified atom stereocenters. The summed E-state index contributed by atoms with van der Waals surface area (Å²) in [7, 11) is -1.71. The van der Waals surface area contributed by atoms with Gasteiger partial charge in [-0.25, -0.2) is 13.4 Å². The number of para-hydroxylation sites is 1. The molecular formula is C19H24N4O3S. The van der Waals surface area contributed by atoms with Crippen LogP contribution in [-0.2, 0) is 27.3 Å². The number of rotatable bonds is 4. The van der Waals surface area contributed by atoms with Gasteiger partial charge in [0.1, 0.15) is 17.3 Å². The van der Waals surface area contributed by atoms with Crippen LogP contribution in [0.15, 0.2) is 36.7 Å². The van der Waals surface area contributed by atoms with Gasteiger partial charge in [-0.05, 0) is 24.0 Å². The van der Waals surface area contributed by atoms with Gasteiger partial charge in [0.2, 0.25) is 15.9 Å². The fourth-order valence-electron chi connectivity index (χ4n) is 4.46. The van der Waals surface area contributed by atoms with Crippen LogP contribution in [-0.4, -0.2) is 40.5 Å². The van der Waals surface area contributed by atoms with E-state index in [1.165, 1.54) is 4.31 Å². The number of fused-ring (bicyclic) bond motifs is 2. The normalized spacial score (nSPS) is 25.3. The maximum atomic E-state index is 13.2. The number of nitrogens with one attached hydrogen (secondary N) is 1. The van der Waals surface area contributed by atoms with Crippen molar-refractivity contribution < 1.29 is 13.2 Å². The van der Waals surface area contributed by atoms with Crippen LogP contribution >= 0.6 is 0 Å². The zero-order chi connectivity index (χ0) is 19.4. The largest absolute Gasteiger partial charge is 0.337 e. The molecule has 0 saturated carbocycles. The molecule has 7 nitrogen and oxygen atoms in total. The average Bonchev–Trinajstić information content (AvgIpc) is 3.25. The van der Waals surface area contributed by atoms with Crippen molar-refractivity contribution in [1.82, 2.24) is 13.9 Å². The molecule has 27 heavy (non-hydrogen) atoms. The Kier molecular flexibility index (Phi) is 4.16. The average molecular weight is 388 g/mol. The zero-order valence-corrected chi connectivity index (χ0v) is 16.5. The predicted molar refractivity (Wildman–Crippen MR) is 103 cm³/mol. The van der Waals surface area contributed by atoms with Gasteiger partial charge in [0.05, 0.1) is 5.75 Å². The second-order valence-corrected chi connectivity index (χ2v) is 9.77. The maximum Gasteiger partial charge on any atom is 0.237 e. The number of sulfonamides is 1. The molecule has 1 saturated heterocycles. The third kappa shape index (κ3) is 2.62. The van der Waals surface area contributed by atoms with Crippen LogP contribution in [0.2, 0.25) is 0 Å². The highest BCUT2D eigenvalue weighted by Gasteiger charge is 2.61. The first-order valence-corrected chi connectivity index (χ1v) is 10.8. The third-order valence-electron chi connectivity index (χ3n) is 5.55. The molecule has 2 aliphatic rings. The predicted octanol–water partition coefficient (Wildman–Crippen LogP) is 2.04. The molecule has 1 aromatic carbocycles. The molecule has 3 heterocycles. The molecule has 1 N–H and O–H groups in total. The minimum Gasteiger partial charge on any atom is -0.337 e. The number of anilines is 1. The molecule has 144 valence electrons. The summed E-state index contributed by atoms with van der Waals surface area (Å²) in [5.74, 6) is 0.483. The molecule has 1 spiro atoms. The number of benzene rings is 1. The van der Waals surface area contributed by atoms with Crippen molar-refractivity contribution in [3.63, 3.8) is 0 Å². The number of hydrogen-bond acceptors (Lipinski definition) is 4. The number of hydrogen-bond donors (Lipinski definition) is 1. The minimum absolute atomic E-state index is 0.00161. The Morgan fingerprint density at radius 1 is 1.33 bits per heavy atom. The Balaban J connectivity index is 1.92. The number of imidazole rings is 1. The van der Waals surface area contributed by atoms with Crippen LogP contribution in [0.25, 0.3) is 0 Å². The molecule has 4 rings (SSSR count). The van der Waals surface area contributed by atoms with E-state index in [0.717, 1.165) is 11.3 Å². The van der Waals surface area contributed by atoms with Gasteiger partial charge in [0.15, 0.2) is 0 Å². The van der Waals surface area contributed by atoms with Gasteiger partial charge in [-0.1, -0.05) is 32.0 Å². The van der Waals surface area contributed by atoms with Crippen LogP contribution in [0.5, 0.6) is 0 Å². The first-order chi connectivity index (χ1) is 12.8. The Labute approximate surface area is 159 Å². The van der Waals surface area contributed by atoms with Crippen molar-refractivity contribution in [3.05, 3.63) is 48.0 Å². The van der Waals surface area contributed by atoms with Gasteiger partial charge in [0, 0.05) is 31.7 Å². The van der Waals surface area contributed by atoms with Gasteiger partial charge < -0.3 is 9.88 Å². The molecule has 2 atom stereocenters. The summed E-state index contributed by atoms with van der Waals surface area (Å²) in [5.41, 5.74) is 0.648. The van der Waals surface area contributed by atoms with Crippen LogP contribution in [0.4, 0.5) is 5.69 Å². The van der Waals surface area contributed by atoms with Gasteiger partial charge in [-0.15, -0.1) is 0 Å². The third-order valence-corrected chi connectivity index (χ3v) is 7.74. The van der Waals surface area contributed by atoms with Gasteiger partial charge in [0.25, 0.3) is 0 Å². The summed E-state index contributed by atoms with van der Waals surface area (Å²) in [5, 5.41) is 2.96. The number of carbonyl (C=O) groups is 1. The van der Waals surface area contributed by atoms with E-state index < -0.39 is 21.5 Å². The molecule has 0 aliphatic carbocycles. The van der Waals surface area contributed by atoms with E-state index in [-0.39, 0.29) is 17.6 Å². The number of aryl methyl sites for hydroxylation is 1. The second-order valence-electron chi connectivity index (χ2n) is 7.80. The van der Waals surface area contributed by atoms with Crippen molar-refractivity contribution in [3.8, 4) is 0 Å². The maximum absolute atomic E-state index is 13.2. The number of carbonyl (C=O) groups excluding carboxylic acids is 1. The number of amides is 1. The minimum atomic E-state index is -3.54. The van der Waals surface area contributed by atoms with Crippen molar-refractivity contribution in [2.24, 2.45) is 13.0 Å². The molecule has 0 bridgehead atoms. The van der Waals surface area contributed by atoms with Gasteiger partial charge in [-0.2, -0.15) is 4.31 Å². The number of aromatic nitrogens is 2. The summed E-state index contributed by atoms with van der Waals surface area (Å²) in [4.78, 5) is 17.6. The van der Waals surface area contributed by atoms with Crippen molar-refractivity contribution in [2.45, 2.75) is 31.7 Å². The summed E-state index contributed by atoms with van der Waals surface area (Å²) in [6, 6.07) is 6.88. The van der Waals surface area contributed by atoms with Crippen LogP contribution < -0.4 is 5.32 Å². The van der Waals surface area contributed by atoms with E-state index in [0.29, 0.717) is 18.8 Å². The molecule has 2 aliphatic heterocycles. The highest BCUT2D eigenvalue weighted by atomic mass is 32.2. The highest BCUT2D eigenvalue weighted by molar-refractivity contribution is 7.89. The molecule has 1 amide bonds. The zero-order valence-electron chi connectivity index (χ0n) is 15.7. The van der Waals surface area contributed by atoms with E-state index in [1.54, 1.807) is 12.4 Å². The van der Waals surface area contributed by atoms with Crippen molar-refractivity contribution in [2.75, 3.05) is 17.6 Å². The SMILES string of the molecule is CC(C)CS(=O)(=O)N1CC[C@]2(C(=O)Nc3ccccc32)[C@@H]1c1nccn1C. The monoisotopic (exact) mass is 388 g/mol. The van der Waals surface area contributed by atoms with E-state index >= 15 is 0 Å². The van der Waals surface area contributed by atoms with E-state index in [4.69, 9.17) is 0 Å². The van der Waals surface area contributed by atoms with Crippen LogP contribution in [0.1, 0.15) is 37.7 Å². The van der Waals surface area contributed by atoms with E-state index in [9.17, 15) is 13.2 Å². The lowest BCUT2D eigenvalue weighted by Crippen LogP contribution is -2.44. The van der Waals surface area contributed by atoms with Gasteiger partial charge in [-0.3, -0.25) is 4.79 Å². The molecule has 8 heteroatoms. The molecule has 1 fully saturated rings. The molecule has 0 radical (unpaired) electrons. The number of nitrogens with zero attached hydrogens (tertiary/aromatic N) is 3. The molecule has 1 aromatic heterocycles. The molecular weight excluding hydrogens is 364 g/mol.